The zero-order valence-electron chi connectivity index (χ0n) is 11.4. The van der Waals surface area contributed by atoms with Crippen LogP contribution >= 0.6 is 0 Å². The summed E-state index contributed by atoms with van der Waals surface area (Å²) in [7, 11) is 1.34. The zero-order chi connectivity index (χ0) is 14.3. The Balaban J connectivity index is 1.93. The first-order valence-electron chi connectivity index (χ1n) is 6.71. The van der Waals surface area contributed by atoms with E-state index in [0.717, 1.165) is 12.8 Å². The van der Waals surface area contributed by atoms with Crippen molar-refractivity contribution in [2.24, 2.45) is 10.9 Å². The van der Waals surface area contributed by atoms with E-state index in [-0.39, 0.29) is 5.82 Å². The lowest BCUT2D eigenvalue weighted by molar-refractivity contribution is -0.150. The minimum Gasteiger partial charge on any atom is -0.466 e. The van der Waals surface area contributed by atoms with E-state index >= 15 is 0 Å². The molecule has 0 aromatic heterocycles. The second-order valence-corrected chi connectivity index (χ2v) is 5.25. The van der Waals surface area contributed by atoms with Crippen LogP contribution in [0.3, 0.4) is 0 Å². The minimum atomic E-state index is -0.712. The number of ether oxygens (including phenoxy) is 2. The third-order valence-electron chi connectivity index (χ3n) is 4.09. The van der Waals surface area contributed by atoms with E-state index in [1.165, 1.54) is 19.2 Å². The summed E-state index contributed by atoms with van der Waals surface area (Å²) in [5.41, 5.74) is 0.0428. The maximum atomic E-state index is 13.3. The molecule has 1 aliphatic heterocycles. The molecule has 1 heterocycles. The van der Waals surface area contributed by atoms with Gasteiger partial charge in [-0.15, -0.1) is 0 Å². The Morgan fingerprint density at radius 3 is 3.00 bits per heavy atom. The molecule has 0 radical (unpaired) electrons. The molecule has 1 spiro atoms. The SMILES string of the molecule is CCC1CC12N=C(c1cccc(F)c1)OC2C(=O)OC. The Labute approximate surface area is 116 Å². The van der Waals surface area contributed by atoms with Crippen LogP contribution in [0.1, 0.15) is 25.3 Å². The molecule has 0 saturated heterocycles. The number of aliphatic imine (C=N–C) groups is 1. The van der Waals surface area contributed by atoms with E-state index < -0.39 is 17.6 Å². The summed E-state index contributed by atoms with van der Waals surface area (Å²) in [4.78, 5) is 16.5. The van der Waals surface area contributed by atoms with Crippen LogP contribution in [0.4, 0.5) is 4.39 Å². The first kappa shape index (κ1) is 13.1. The van der Waals surface area contributed by atoms with Crippen molar-refractivity contribution in [1.29, 1.82) is 0 Å². The number of halogens is 1. The van der Waals surface area contributed by atoms with Crippen LogP contribution in [0.25, 0.3) is 0 Å². The Hall–Kier alpha value is -1.91. The summed E-state index contributed by atoms with van der Waals surface area (Å²) in [5.74, 6) is -0.128. The number of methoxy groups -OCH3 is 1. The van der Waals surface area contributed by atoms with E-state index in [2.05, 4.69) is 11.9 Å². The highest BCUT2D eigenvalue weighted by atomic mass is 19.1. The fraction of sp³-hybridized carbons (Fsp3) is 0.467. The molecule has 1 saturated carbocycles. The molecule has 1 aromatic carbocycles. The van der Waals surface area contributed by atoms with Crippen molar-refractivity contribution < 1.29 is 18.7 Å². The quantitative estimate of drug-likeness (QED) is 0.797. The first-order chi connectivity index (χ1) is 9.60. The molecule has 1 aliphatic carbocycles. The number of esters is 1. The molecule has 0 amide bonds. The van der Waals surface area contributed by atoms with E-state index in [9.17, 15) is 9.18 Å². The normalized spacial score (nSPS) is 30.9. The Morgan fingerprint density at radius 1 is 1.60 bits per heavy atom. The second-order valence-electron chi connectivity index (χ2n) is 5.25. The fourth-order valence-electron chi connectivity index (χ4n) is 2.89. The third kappa shape index (κ3) is 1.88. The highest BCUT2D eigenvalue weighted by molar-refractivity contribution is 5.99. The summed E-state index contributed by atoms with van der Waals surface area (Å²) in [5, 5.41) is 0. The van der Waals surface area contributed by atoms with Crippen molar-refractivity contribution in [1.82, 2.24) is 0 Å². The van der Waals surface area contributed by atoms with Crippen molar-refractivity contribution in [2.45, 2.75) is 31.4 Å². The molecule has 20 heavy (non-hydrogen) atoms. The second kappa shape index (κ2) is 4.58. The number of carbonyl (C=O) groups excluding carboxylic acids is 1. The predicted octanol–water partition coefficient (Wildman–Crippen LogP) is 2.31. The molecular formula is C15H16FNO3. The van der Waals surface area contributed by atoms with Crippen molar-refractivity contribution in [3.05, 3.63) is 35.6 Å². The van der Waals surface area contributed by atoms with E-state index in [1.807, 2.05) is 0 Å². The van der Waals surface area contributed by atoms with Crippen LogP contribution < -0.4 is 0 Å². The van der Waals surface area contributed by atoms with E-state index in [4.69, 9.17) is 9.47 Å². The predicted molar refractivity (Wildman–Crippen MR) is 71.0 cm³/mol. The van der Waals surface area contributed by atoms with Crippen LogP contribution in [0.5, 0.6) is 0 Å². The lowest BCUT2D eigenvalue weighted by Crippen LogP contribution is -2.35. The molecule has 0 bridgehead atoms. The van der Waals surface area contributed by atoms with Crippen LogP contribution in [-0.4, -0.2) is 30.6 Å². The standard InChI is InChI=1S/C15H16FNO3/c1-3-10-8-15(10)12(14(18)19-2)20-13(17-15)9-5-4-6-11(16)7-9/h4-7,10,12H,3,8H2,1-2H3. The Bertz CT molecular complexity index is 586. The van der Waals surface area contributed by atoms with Crippen LogP contribution in [0, 0.1) is 11.7 Å². The van der Waals surface area contributed by atoms with Gasteiger partial charge in [-0.1, -0.05) is 19.4 Å². The first-order valence-corrected chi connectivity index (χ1v) is 6.71. The molecule has 3 rings (SSSR count). The van der Waals surface area contributed by atoms with E-state index in [0.29, 0.717) is 17.4 Å². The van der Waals surface area contributed by atoms with Gasteiger partial charge in [0.25, 0.3) is 0 Å². The van der Waals surface area contributed by atoms with Crippen LogP contribution in [0.2, 0.25) is 0 Å². The van der Waals surface area contributed by atoms with Gasteiger partial charge in [0.1, 0.15) is 11.4 Å². The van der Waals surface area contributed by atoms with Gasteiger partial charge in [-0.05, 0) is 30.5 Å². The van der Waals surface area contributed by atoms with Gasteiger partial charge < -0.3 is 9.47 Å². The minimum absolute atomic E-state index is 0.317. The topological polar surface area (TPSA) is 47.9 Å². The highest BCUT2D eigenvalue weighted by Crippen LogP contribution is 2.55. The lowest BCUT2D eigenvalue weighted by atomic mass is 10.1. The van der Waals surface area contributed by atoms with Crippen LogP contribution in [-0.2, 0) is 14.3 Å². The molecular weight excluding hydrogens is 261 g/mol. The fourth-order valence-corrected chi connectivity index (χ4v) is 2.89. The van der Waals surface area contributed by atoms with E-state index in [1.54, 1.807) is 12.1 Å². The molecule has 2 aliphatic rings. The number of carbonyl (C=O) groups is 1. The number of hydrogen-bond donors (Lipinski definition) is 0. The lowest BCUT2D eigenvalue weighted by Gasteiger charge is -2.15. The summed E-state index contributed by atoms with van der Waals surface area (Å²) >= 11 is 0. The maximum absolute atomic E-state index is 13.3. The van der Waals surface area contributed by atoms with Crippen LogP contribution in [0.15, 0.2) is 29.3 Å². The maximum Gasteiger partial charge on any atom is 0.349 e. The summed E-state index contributed by atoms with van der Waals surface area (Å²) in [6.07, 6.45) is 1.02. The van der Waals surface area contributed by atoms with Gasteiger partial charge in [0.15, 0.2) is 0 Å². The third-order valence-corrected chi connectivity index (χ3v) is 4.09. The van der Waals surface area contributed by atoms with Crippen molar-refractivity contribution in [3.63, 3.8) is 0 Å². The summed E-state index contributed by atoms with van der Waals surface area (Å²) in [6.45, 7) is 2.06. The highest BCUT2D eigenvalue weighted by Gasteiger charge is 2.66. The van der Waals surface area contributed by atoms with Crippen molar-refractivity contribution >= 4 is 11.9 Å². The monoisotopic (exact) mass is 277 g/mol. The average Bonchev–Trinajstić information content (AvgIpc) is 3.01. The summed E-state index contributed by atoms with van der Waals surface area (Å²) in [6, 6.07) is 6.03. The van der Waals surface area contributed by atoms with Gasteiger partial charge in [-0.3, -0.25) is 0 Å². The van der Waals surface area contributed by atoms with Crippen molar-refractivity contribution in [3.8, 4) is 0 Å². The van der Waals surface area contributed by atoms with Gasteiger partial charge >= 0.3 is 5.97 Å². The number of hydrogen-bond acceptors (Lipinski definition) is 4. The molecule has 3 atom stereocenters. The molecule has 4 nitrogen and oxygen atoms in total. The largest absolute Gasteiger partial charge is 0.466 e. The molecule has 1 aromatic rings. The smallest absolute Gasteiger partial charge is 0.349 e. The molecule has 5 heteroatoms. The van der Waals surface area contributed by atoms with Gasteiger partial charge in [-0.2, -0.15) is 0 Å². The van der Waals surface area contributed by atoms with Gasteiger partial charge in [-0.25, -0.2) is 14.2 Å². The zero-order valence-corrected chi connectivity index (χ0v) is 11.4. The average molecular weight is 277 g/mol. The van der Waals surface area contributed by atoms with Gasteiger partial charge in [0.2, 0.25) is 12.0 Å². The number of rotatable bonds is 3. The Kier molecular flexibility index (Phi) is 3.00. The number of nitrogens with zero attached hydrogens (tertiary/aromatic N) is 1. The molecule has 106 valence electrons. The molecule has 3 unspecified atom stereocenters. The molecule has 0 N–H and O–H groups in total. The molecule has 1 fully saturated rings. The van der Waals surface area contributed by atoms with Gasteiger partial charge in [0, 0.05) is 5.56 Å². The van der Waals surface area contributed by atoms with Gasteiger partial charge in [0.05, 0.1) is 7.11 Å². The number of benzene rings is 1. The summed E-state index contributed by atoms with van der Waals surface area (Å²) < 4.78 is 23.8. The van der Waals surface area contributed by atoms with Crippen molar-refractivity contribution in [2.75, 3.05) is 7.11 Å². The Morgan fingerprint density at radius 2 is 2.40 bits per heavy atom.